The van der Waals surface area contributed by atoms with Gasteiger partial charge in [-0.2, -0.15) is 0 Å². The number of aryl methyl sites for hydroxylation is 1. The van der Waals surface area contributed by atoms with Crippen LogP contribution >= 0.6 is 23.2 Å². The Hall–Kier alpha value is -3.01. The second kappa shape index (κ2) is 10.6. The molecule has 200 valence electrons. The van der Waals surface area contributed by atoms with Crippen LogP contribution in [-0.4, -0.2) is 51.5 Å². The molecule has 2 aromatic rings. The van der Waals surface area contributed by atoms with Crippen molar-refractivity contribution in [3.8, 4) is 0 Å². The van der Waals surface area contributed by atoms with Crippen LogP contribution < -0.4 is 4.90 Å². The Labute approximate surface area is 228 Å². The van der Waals surface area contributed by atoms with Crippen LogP contribution in [0, 0.1) is 23.1 Å². The minimum atomic E-state index is -1.04. The van der Waals surface area contributed by atoms with Crippen molar-refractivity contribution in [1.82, 2.24) is 4.98 Å². The summed E-state index contributed by atoms with van der Waals surface area (Å²) in [4.78, 5) is 29.6. The number of carboxylic acid groups (broad SMARTS) is 1. The summed E-state index contributed by atoms with van der Waals surface area (Å²) >= 11 is 12.6. The molecule has 0 spiro atoms. The number of hydrogen-bond acceptors (Lipinski definition) is 6. The number of aliphatic hydroxyl groups is 1. The van der Waals surface area contributed by atoms with Crippen molar-refractivity contribution in [3.63, 3.8) is 0 Å². The number of carbonyl (C=O) groups excluding carboxylic acids is 1. The molecule has 3 aliphatic rings. The van der Waals surface area contributed by atoms with Gasteiger partial charge >= 0.3 is 5.97 Å². The van der Waals surface area contributed by atoms with E-state index in [4.69, 9.17) is 38.5 Å². The Morgan fingerprint density at radius 3 is 2.53 bits per heavy atom. The molecule has 1 amide bonds. The Balaban J connectivity index is 1.29. The van der Waals surface area contributed by atoms with Crippen molar-refractivity contribution >= 4 is 46.5 Å². The first kappa shape index (κ1) is 26.6. The zero-order valence-corrected chi connectivity index (χ0v) is 21.8. The Morgan fingerprint density at radius 1 is 1.21 bits per heavy atom. The summed E-state index contributed by atoms with van der Waals surface area (Å²) in [6, 6.07) is 5.96. The van der Waals surface area contributed by atoms with Gasteiger partial charge in [-0.1, -0.05) is 29.3 Å². The van der Waals surface area contributed by atoms with Crippen molar-refractivity contribution in [2.24, 2.45) is 11.8 Å². The lowest BCUT2D eigenvalue weighted by molar-refractivity contribution is -0.137. The van der Waals surface area contributed by atoms with Gasteiger partial charge < -0.3 is 19.8 Å². The second-order valence-electron chi connectivity index (χ2n) is 9.91. The number of rotatable bonds is 10. The van der Waals surface area contributed by atoms with Gasteiger partial charge in [0, 0.05) is 35.6 Å². The van der Waals surface area contributed by atoms with E-state index in [1.807, 2.05) is 0 Å². The van der Waals surface area contributed by atoms with Crippen LogP contribution in [-0.2, 0) is 20.7 Å². The van der Waals surface area contributed by atoms with Crippen LogP contribution in [0.2, 0.25) is 10.0 Å². The molecule has 2 saturated carbocycles. The number of halogens is 3. The number of benzene rings is 1. The zero-order valence-electron chi connectivity index (χ0n) is 20.3. The number of aromatic nitrogens is 1. The number of anilines is 1. The first-order chi connectivity index (χ1) is 18.2. The van der Waals surface area contributed by atoms with Crippen LogP contribution in [0.3, 0.4) is 0 Å². The molecule has 2 heterocycles. The van der Waals surface area contributed by atoms with Gasteiger partial charge in [0.1, 0.15) is 11.6 Å². The van der Waals surface area contributed by atoms with E-state index in [2.05, 4.69) is 4.98 Å². The Morgan fingerprint density at radius 2 is 1.92 bits per heavy atom. The summed E-state index contributed by atoms with van der Waals surface area (Å²) in [5.41, 5.74) is 0.992. The van der Waals surface area contributed by atoms with E-state index >= 15 is 0 Å². The molecule has 11 heteroatoms. The highest BCUT2D eigenvalue weighted by Crippen LogP contribution is 2.44. The molecule has 5 rings (SSSR count). The topological polar surface area (TPSA) is 124 Å². The first-order valence-electron chi connectivity index (χ1n) is 12.4. The molecule has 0 unspecified atom stereocenters. The van der Waals surface area contributed by atoms with E-state index < -0.39 is 23.8 Å². The van der Waals surface area contributed by atoms with Crippen molar-refractivity contribution in [1.29, 1.82) is 5.41 Å². The van der Waals surface area contributed by atoms with Gasteiger partial charge in [0.15, 0.2) is 0 Å². The lowest BCUT2D eigenvalue weighted by Gasteiger charge is -2.31. The highest BCUT2D eigenvalue weighted by atomic mass is 35.5. The van der Waals surface area contributed by atoms with Crippen LogP contribution in [0.25, 0.3) is 0 Å². The number of fused-ring (bicyclic) bond motifs is 2. The Kier molecular flexibility index (Phi) is 7.44. The summed E-state index contributed by atoms with van der Waals surface area (Å²) < 4.78 is 20.7. The number of pyridine rings is 1. The maximum atomic E-state index is 14.5. The van der Waals surface area contributed by atoms with E-state index in [-0.39, 0.29) is 54.5 Å². The van der Waals surface area contributed by atoms with E-state index in [1.54, 1.807) is 18.2 Å². The molecule has 2 aliphatic carbocycles. The maximum Gasteiger partial charge on any atom is 0.303 e. The number of nitrogens with one attached hydrogen (secondary N) is 1. The van der Waals surface area contributed by atoms with E-state index in [0.29, 0.717) is 39.7 Å². The average molecular weight is 562 g/mol. The highest BCUT2D eigenvalue weighted by Gasteiger charge is 2.52. The van der Waals surface area contributed by atoms with Crippen LogP contribution in [0.5, 0.6) is 0 Å². The number of carbonyl (C=O) groups is 2. The fourth-order valence-electron chi connectivity index (χ4n) is 5.28. The quantitative estimate of drug-likeness (QED) is 0.265. The number of aliphatic hydroxyl groups excluding tert-OH is 1. The summed E-state index contributed by atoms with van der Waals surface area (Å²) in [5.74, 6) is -2.28. The number of piperidine rings is 1. The highest BCUT2D eigenvalue weighted by molar-refractivity contribution is 6.41. The van der Waals surface area contributed by atoms with Gasteiger partial charge in [0.05, 0.1) is 58.4 Å². The Bertz CT molecular complexity index is 1330. The van der Waals surface area contributed by atoms with Gasteiger partial charge in [-0.05, 0) is 37.8 Å². The zero-order chi connectivity index (χ0) is 27.1. The van der Waals surface area contributed by atoms with E-state index in [0.717, 1.165) is 12.8 Å². The number of nitrogens with zero attached hydrogens (tertiary/aromatic N) is 2. The number of allylic oxidation sites excluding steroid dienone is 1. The van der Waals surface area contributed by atoms with Gasteiger partial charge in [-0.15, -0.1) is 0 Å². The fourth-order valence-corrected chi connectivity index (χ4v) is 5.86. The standard InChI is InChI=1S/C27H26Cl2FN3O5/c28-18-2-1-3-19(29)24(18)25(31)17(26(36)13-4-5-13)12-38-22-10-14-8-16(22)27(37)33(14)15-9-20(30)21(32-11-15)6-7-23(34)35/h1-3,9,11,13-14,16,22,31,36H,4-8,10,12H2,(H,34,35)/b26-17-,31-25?/t14-,16+,22+/m0/s1. The van der Waals surface area contributed by atoms with Gasteiger partial charge in [0.25, 0.3) is 0 Å². The molecule has 1 saturated heterocycles. The number of carboxylic acids is 1. The molecule has 3 N–H and O–H groups in total. The SMILES string of the molecule is N=C(/C(CO[C@@H]1C[C@@H]2C[C@H]1C(=O)N2c1cnc(CCC(=O)O)c(F)c1)=C(\O)C1CC1)c1c(Cl)cccc1Cl. The number of hydrogen-bond donors (Lipinski definition) is 3. The van der Waals surface area contributed by atoms with E-state index in [9.17, 15) is 19.1 Å². The summed E-state index contributed by atoms with van der Waals surface area (Å²) in [6.07, 6.45) is 3.40. The second-order valence-corrected chi connectivity index (χ2v) is 10.7. The third-order valence-electron chi connectivity index (χ3n) is 7.39. The third kappa shape index (κ3) is 5.15. The predicted molar refractivity (Wildman–Crippen MR) is 140 cm³/mol. The largest absolute Gasteiger partial charge is 0.512 e. The molecule has 3 atom stereocenters. The normalized spacial score (nSPS) is 23.1. The minimum Gasteiger partial charge on any atom is -0.512 e. The van der Waals surface area contributed by atoms with Crippen LogP contribution in [0.15, 0.2) is 41.8 Å². The van der Waals surface area contributed by atoms with Crippen molar-refractivity contribution in [2.45, 2.75) is 50.7 Å². The third-order valence-corrected chi connectivity index (χ3v) is 8.02. The molecular formula is C27H26Cl2FN3O5. The average Bonchev–Trinajstić information content (AvgIpc) is 3.57. The minimum absolute atomic E-state index is 0.00866. The van der Waals surface area contributed by atoms with Crippen LogP contribution in [0.4, 0.5) is 10.1 Å². The van der Waals surface area contributed by atoms with Crippen LogP contribution in [0.1, 0.15) is 43.4 Å². The lowest BCUT2D eigenvalue weighted by atomic mass is 9.99. The summed E-state index contributed by atoms with van der Waals surface area (Å²) in [7, 11) is 0. The van der Waals surface area contributed by atoms with Gasteiger partial charge in [-0.3, -0.25) is 20.0 Å². The monoisotopic (exact) mass is 561 g/mol. The molecule has 2 bridgehead atoms. The molecule has 1 aromatic heterocycles. The molecule has 0 radical (unpaired) electrons. The van der Waals surface area contributed by atoms with Gasteiger partial charge in [0.2, 0.25) is 5.91 Å². The lowest BCUT2D eigenvalue weighted by Crippen LogP contribution is -2.43. The fraction of sp³-hybridized carbons (Fsp3) is 0.407. The predicted octanol–water partition coefficient (Wildman–Crippen LogP) is 5.35. The smallest absolute Gasteiger partial charge is 0.303 e. The van der Waals surface area contributed by atoms with Crippen molar-refractivity contribution < 1.29 is 28.9 Å². The molecule has 1 aromatic carbocycles. The van der Waals surface area contributed by atoms with E-state index in [1.165, 1.54) is 17.2 Å². The van der Waals surface area contributed by atoms with Crippen molar-refractivity contribution in [2.75, 3.05) is 11.5 Å². The molecule has 38 heavy (non-hydrogen) atoms. The van der Waals surface area contributed by atoms with Gasteiger partial charge in [-0.25, -0.2) is 4.39 Å². The number of ether oxygens (including phenoxy) is 1. The molecule has 3 fully saturated rings. The molecule has 1 aliphatic heterocycles. The van der Waals surface area contributed by atoms with Crippen molar-refractivity contribution in [3.05, 3.63) is 68.9 Å². The number of amides is 1. The molecular weight excluding hydrogens is 536 g/mol. The summed E-state index contributed by atoms with van der Waals surface area (Å²) in [5, 5.41) is 29.0. The number of aliphatic carboxylic acids is 1. The molecule has 8 nitrogen and oxygen atoms in total. The maximum absolute atomic E-state index is 14.5. The first-order valence-corrected chi connectivity index (χ1v) is 13.2. The summed E-state index contributed by atoms with van der Waals surface area (Å²) in [6.45, 7) is -0.0711.